The van der Waals surface area contributed by atoms with Crippen LogP contribution in [0, 0.1) is 10.1 Å². The number of carbonyl (C=O) groups excluding carboxylic acids is 1. The Morgan fingerprint density at radius 2 is 2.16 bits per heavy atom. The van der Waals surface area contributed by atoms with Gasteiger partial charge in [-0.15, -0.1) is 0 Å². The van der Waals surface area contributed by atoms with Crippen LogP contribution in [0.2, 0.25) is 0 Å². The lowest BCUT2D eigenvalue weighted by Crippen LogP contribution is -2.25. The number of H-pyrrole nitrogens is 1. The molecular weight excluding hydrogens is 266 g/mol. The quantitative estimate of drug-likeness (QED) is 0.325. The Bertz CT molecular complexity index is 430. The average Bonchev–Trinajstić information content (AvgIpc) is 2.88. The van der Waals surface area contributed by atoms with Gasteiger partial charge < -0.3 is 9.88 Å². The Labute approximate surface area is 116 Å². The van der Waals surface area contributed by atoms with Gasteiger partial charge in [0.2, 0.25) is 0 Å². The summed E-state index contributed by atoms with van der Waals surface area (Å²) in [7, 11) is 0. The van der Waals surface area contributed by atoms with Crippen molar-refractivity contribution in [3.63, 3.8) is 0 Å². The van der Waals surface area contributed by atoms with Gasteiger partial charge in [-0.2, -0.15) is 11.8 Å². The van der Waals surface area contributed by atoms with Crippen molar-refractivity contribution < 1.29 is 9.72 Å². The third kappa shape index (κ3) is 5.04. The van der Waals surface area contributed by atoms with Crippen LogP contribution in [0.4, 0.5) is 5.69 Å². The van der Waals surface area contributed by atoms with Crippen LogP contribution in [-0.4, -0.2) is 51.7 Å². The van der Waals surface area contributed by atoms with Gasteiger partial charge in [-0.05, 0) is 13.1 Å². The highest BCUT2D eigenvalue weighted by molar-refractivity contribution is 8.00. The smallest absolute Gasteiger partial charge is 0.287 e. The molecule has 0 spiro atoms. The number of rotatable bonds is 9. The summed E-state index contributed by atoms with van der Waals surface area (Å²) in [5, 5.41) is 10.5. The molecule has 0 amide bonds. The first kappa shape index (κ1) is 15.7. The number of thioether (sulfide) groups is 1. The Hall–Kier alpha value is -1.34. The number of hydrogen-bond acceptors (Lipinski definition) is 5. The van der Waals surface area contributed by atoms with E-state index in [1.54, 1.807) is 11.8 Å². The van der Waals surface area contributed by atoms with E-state index in [1.807, 2.05) is 0 Å². The largest absolute Gasteiger partial charge is 0.353 e. The average molecular weight is 285 g/mol. The second-order valence-corrected chi connectivity index (χ2v) is 5.14. The van der Waals surface area contributed by atoms with E-state index in [4.69, 9.17) is 0 Å². The lowest BCUT2D eigenvalue weighted by atomic mass is 10.3. The summed E-state index contributed by atoms with van der Waals surface area (Å²) in [6.45, 7) is 7.19. The minimum absolute atomic E-state index is 0.0727. The van der Waals surface area contributed by atoms with Gasteiger partial charge in [0.1, 0.15) is 0 Å². The number of nitrogens with zero attached hydrogens (tertiary/aromatic N) is 2. The zero-order chi connectivity index (χ0) is 14.3. The lowest BCUT2D eigenvalue weighted by molar-refractivity contribution is -0.384. The van der Waals surface area contributed by atoms with Crippen molar-refractivity contribution in [2.45, 2.75) is 13.8 Å². The van der Waals surface area contributed by atoms with Crippen molar-refractivity contribution in [1.29, 1.82) is 0 Å². The first-order valence-electron chi connectivity index (χ1n) is 6.24. The van der Waals surface area contributed by atoms with Gasteiger partial charge in [-0.1, -0.05) is 13.8 Å². The van der Waals surface area contributed by atoms with Gasteiger partial charge in [-0.25, -0.2) is 0 Å². The van der Waals surface area contributed by atoms with Gasteiger partial charge in [0.05, 0.1) is 22.6 Å². The van der Waals surface area contributed by atoms with E-state index in [0.717, 1.165) is 25.4 Å². The zero-order valence-electron chi connectivity index (χ0n) is 11.2. The third-order valence-electron chi connectivity index (χ3n) is 2.86. The maximum Gasteiger partial charge on any atom is 0.287 e. The molecule has 0 saturated heterocycles. The van der Waals surface area contributed by atoms with E-state index in [0.29, 0.717) is 11.4 Å². The van der Waals surface area contributed by atoms with Crippen LogP contribution in [0.5, 0.6) is 0 Å². The normalized spacial score (nSPS) is 10.9. The van der Waals surface area contributed by atoms with E-state index in [1.165, 1.54) is 12.3 Å². The highest BCUT2D eigenvalue weighted by Crippen LogP contribution is 2.14. The minimum atomic E-state index is -0.513. The molecule has 0 saturated carbocycles. The van der Waals surface area contributed by atoms with Crippen molar-refractivity contribution >= 4 is 23.2 Å². The molecule has 19 heavy (non-hydrogen) atoms. The monoisotopic (exact) mass is 285 g/mol. The van der Waals surface area contributed by atoms with Crippen LogP contribution < -0.4 is 0 Å². The molecule has 0 bridgehead atoms. The molecule has 106 valence electrons. The van der Waals surface area contributed by atoms with Crippen molar-refractivity contribution in [3.05, 3.63) is 28.1 Å². The number of nitrogens with one attached hydrogen (secondary N) is 1. The Kier molecular flexibility index (Phi) is 6.58. The van der Waals surface area contributed by atoms with Crippen molar-refractivity contribution in [1.82, 2.24) is 9.88 Å². The molecule has 1 aromatic rings. The molecule has 0 radical (unpaired) electrons. The first-order chi connectivity index (χ1) is 9.08. The molecule has 0 unspecified atom stereocenters. The van der Waals surface area contributed by atoms with E-state index in [2.05, 4.69) is 23.7 Å². The van der Waals surface area contributed by atoms with Crippen molar-refractivity contribution in [2.75, 3.05) is 31.1 Å². The van der Waals surface area contributed by atoms with Gasteiger partial charge in [0.15, 0.2) is 5.78 Å². The van der Waals surface area contributed by atoms with Gasteiger partial charge in [-0.3, -0.25) is 14.9 Å². The summed E-state index contributed by atoms with van der Waals surface area (Å²) in [4.78, 5) is 26.7. The zero-order valence-corrected chi connectivity index (χ0v) is 12.0. The molecule has 7 heteroatoms. The maximum atomic E-state index is 11.8. The number of ketones is 1. The van der Waals surface area contributed by atoms with E-state index >= 15 is 0 Å². The van der Waals surface area contributed by atoms with Gasteiger partial charge in [0.25, 0.3) is 5.69 Å². The highest BCUT2D eigenvalue weighted by Gasteiger charge is 2.14. The summed E-state index contributed by atoms with van der Waals surface area (Å²) in [6, 6.07) is 1.29. The molecule has 1 aromatic heterocycles. The molecule has 0 atom stereocenters. The number of hydrogen-bond donors (Lipinski definition) is 1. The van der Waals surface area contributed by atoms with Crippen LogP contribution >= 0.6 is 11.8 Å². The third-order valence-corrected chi connectivity index (χ3v) is 3.80. The minimum Gasteiger partial charge on any atom is -0.353 e. The maximum absolute atomic E-state index is 11.8. The van der Waals surface area contributed by atoms with E-state index in [9.17, 15) is 14.9 Å². The second kappa shape index (κ2) is 7.96. The van der Waals surface area contributed by atoms with Crippen LogP contribution in [0.25, 0.3) is 0 Å². The molecule has 1 rings (SSSR count). The summed E-state index contributed by atoms with van der Waals surface area (Å²) in [5.41, 5.74) is 0.235. The molecule has 6 nitrogen and oxygen atoms in total. The van der Waals surface area contributed by atoms with E-state index in [-0.39, 0.29) is 11.5 Å². The predicted molar refractivity (Wildman–Crippen MR) is 76.9 cm³/mol. The fourth-order valence-electron chi connectivity index (χ4n) is 1.63. The molecule has 1 N–H and O–H groups in total. The molecule has 0 aliphatic rings. The summed E-state index contributed by atoms with van der Waals surface area (Å²) < 4.78 is 0. The summed E-state index contributed by atoms with van der Waals surface area (Å²) >= 11 is 1.55. The Balaban J connectivity index is 2.33. The standard InChI is InChI=1S/C12H19N3O3S/c1-3-14(4-2)5-6-19-9-12(16)11-7-10(8-13-11)15(17)18/h7-8,13H,3-6,9H2,1-2H3. The van der Waals surface area contributed by atoms with Gasteiger partial charge >= 0.3 is 0 Å². The molecule has 0 fully saturated rings. The Morgan fingerprint density at radius 1 is 1.47 bits per heavy atom. The topological polar surface area (TPSA) is 79.2 Å². The number of nitro groups is 1. The number of carbonyl (C=O) groups is 1. The summed E-state index contributed by atoms with van der Waals surface area (Å²) in [5.74, 6) is 1.13. The highest BCUT2D eigenvalue weighted by atomic mass is 32.2. The first-order valence-corrected chi connectivity index (χ1v) is 7.40. The predicted octanol–water partition coefficient (Wildman–Crippen LogP) is 2.18. The number of Topliss-reactive ketones (excluding diaryl/α,β-unsaturated/α-hetero) is 1. The van der Waals surface area contributed by atoms with Gasteiger partial charge in [0, 0.05) is 18.4 Å². The SMILES string of the molecule is CCN(CC)CCSCC(=O)c1cc([N+](=O)[O-])c[nH]1. The van der Waals surface area contributed by atoms with Crippen molar-refractivity contribution in [2.24, 2.45) is 0 Å². The fraction of sp³-hybridized carbons (Fsp3) is 0.583. The molecule has 0 aliphatic carbocycles. The Morgan fingerprint density at radius 3 is 2.68 bits per heavy atom. The van der Waals surface area contributed by atoms with Crippen molar-refractivity contribution in [3.8, 4) is 0 Å². The molecule has 0 aliphatic heterocycles. The fourth-order valence-corrected chi connectivity index (χ4v) is 2.50. The molecular formula is C12H19N3O3S. The number of aromatic nitrogens is 1. The summed E-state index contributed by atoms with van der Waals surface area (Å²) in [6.07, 6.45) is 1.24. The van der Waals surface area contributed by atoms with Crippen LogP contribution in [0.3, 0.4) is 0 Å². The van der Waals surface area contributed by atoms with E-state index < -0.39 is 4.92 Å². The molecule has 1 heterocycles. The molecule has 0 aromatic carbocycles. The van der Waals surface area contributed by atoms with Crippen LogP contribution in [-0.2, 0) is 0 Å². The van der Waals surface area contributed by atoms with Crippen LogP contribution in [0.15, 0.2) is 12.3 Å². The second-order valence-electron chi connectivity index (χ2n) is 4.03. The lowest BCUT2D eigenvalue weighted by Gasteiger charge is -2.16. The van der Waals surface area contributed by atoms with Crippen LogP contribution in [0.1, 0.15) is 24.3 Å². The number of aromatic amines is 1.